The minimum Gasteiger partial charge on any atom is -0.493 e. The zero-order chi connectivity index (χ0) is 16.8. The van der Waals surface area contributed by atoms with Crippen LogP contribution in [0.25, 0.3) is 0 Å². The van der Waals surface area contributed by atoms with Gasteiger partial charge in [-0.2, -0.15) is 0 Å². The van der Waals surface area contributed by atoms with Crippen molar-refractivity contribution in [3.05, 3.63) is 28.2 Å². The maximum atomic E-state index is 12.4. The normalized spacial score (nSPS) is 15.1. The first kappa shape index (κ1) is 18.2. The van der Waals surface area contributed by atoms with Crippen molar-refractivity contribution >= 4 is 39.2 Å². The lowest BCUT2D eigenvalue weighted by molar-refractivity contribution is 0.0971. The highest BCUT2D eigenvalue weighted by Crippen LogP contribution is 2.26. The minimum absolute atomic E-state index is 0.193. The summed E-state index contributed by atoms with van der Waals surface area (Å²) >= 11 is 8.82. The van der Waals surface area contributed by atoms with Crippen LogP contribution >= 0.6 is 28.1 Å². The van der Waals surface area contributed by atoms with E-state index in [1.807, 2.05) is 18.9 Å². The summed E-state index contributed by atoms with van der Waals surface area (Å²) in [5.74, 6) is 0.535. The number of carbonyl (C=O) groups excluding carboxylic acids is 1. The summed E-state index contributed by atoms with van der Waals surface area (Å²) in [6.07, 6.45) is 6.04. The van der Waals surface area contributed by atoms with Crippen LogP contribution in [0, 0.1) is 0 Å². The molecular formula is C17H23BrN2O2S. The van der Waals surface area contributed by atoms with Crippen LogP contribution in [0.3, 0.4) is 0 Å². The SMILES string of the molecule is CCOc1ccc(C(=O)NC(=S)N(C)C2CCCCC2)cc1Br. The molecule has 23 heavy (non-hydrogen) atoms. The lowest BCUT2D eigenvalue weighted by Crippen LogP contribution is -2.46. The third kappa shape index (κ3) is 4.91. The van der Waals surface area contributed by atoms with Gasteiger partial charge >= 0.3 is 0 Å². The molecule has 4 nitrogen and oxygen atoms in total. The second kappa shape index (κ2) is 8.64. The van der Waals surface area contributed by atoms with Crippen molar-refractivity contribution in [2.45, 2.75) is 45.1 Å². The highest BCUT2D eigenvalue weighted by Gasteiger charge is 2.21. The Balaban J connectivity index is 1.97. The van der Waals surface area contributed by atoms with Crippen molar-refractivity contribution in [3.63, 3.8) is 0 Å². The van der Waals surface area contributed by atoms with E-state index in [-0.39, 0.29) is 5.91 Å². The van der Waals surface area contributed by atoms with Crippen molar-refractivity contribution in [2.75, 3.05) is 13.7 Å². The first-order chi connectivity index (χ1) is 11.0. The number of nitrogens with one attached hydrogen (secondary N) is 1. The molecule has 0 saturated heterocycles. The zero-order valence-corrected chi connectivity index (χ0v) is 16.0. The Kier molecular flexibility index (Phi) is 6.84. The van der Waals surface area contributed by atoms with Crippen LogP contribution in [0.15, 0.2) is 22.7 Å². The fraction of sp³-hybridized carbons (Fsp3) is 0.529. The molecule has 1 aliphatic carbocycles. The predicted octanol–water partition coefficient (Wildman–Crippen LogP) is 4.13. The molecule has 6 heteroatoms. The molecule has 1 saturated carbocycles. The van der Waals surface area contributed by atoms with Crippen LogP contribution in [-0.2, 0) is 0 Å². The quantitative estimate of drug-likeness (QED) is 0.774. The van der Waals surface area contributed by atoms with E-state index in [0.29, 0.717) is 23.3 Å². The molecule has 1 N–H and O–H groups in total. The van der Waals surface area contributed by atoms with Gasteiger partial charge in [-0.1, -0.05) is 19.3 Å². The number of rotatable bonds is 4. The Morgan fingerprint density at radius 2 is 2.09 bits per heavy atom. The van der Waals surface area contributed by atoms with Crippen LogP contribution in [0.4, 0.5) is 0 Å². The number of amides is 1. The topological polar surface area (TPSA) is 41.6 Å². The summed E-state index contributed by atoms with van der Waals surface area (Å²) in [4.78, 5) is 14.4. The van der Waals surface area contributed by atoms with Gasteiger partial charge in [0.25, 0.3) is 5.91 Å². The van der Waals surface area contributed by atoms with Gasteiger partial charge in [-0.15, -0.1) is 0 Å². The van der Waals surface area contributed by atoms with E-state index >= 15 is 0 Å². The van der Waals surface area contributed by atoms with Gasteiger partial charge in [0.1, 0.15) is 5.75 Å². The van der Waals surface area contributed by atoms with Gasteiger partial charge in [-0.3, -0.25) is 10.1 Å². The Morgan fingerprint density at radius 1 is 1.39 bits per heavy atom. The van der Waals surface area contributed by atoms with Gasteiger partial charge in [0.2, 0.25) is 0 Å². The molecule has 0 unspecified atom stereocenters. The molecule has 1 amide bonds. The third-order valence-corrected chi connectivity index (χ3v) is 5.17. The largest absolute Gasteiger partial charge is 0.493 e. The maximum Gasteiger partial charge on any atom is 0.257 e. The molecular weight excluding hydrogens is 376 g/mol. The van der Waals surface area contributed by atoms with Crippen molar-refractivity contribution in [2.24, 2.45) is 0 Å². The Bertz CT molecular complexity index is 574. The number of carbonyl (C=O) groups is 1. The van der Waals surface area contributed by atoms with E-state index < -0.39 is 0 Å². The Morgan fingerprint density at radius 3 is 2.70 bits per heavy atom. The lowest BCUT2D eigenvalue weighted by atomic mass is 9.95. The van der Waals surface area contributed by atoms with Crippen LogP contribution < -0.4 is 10.1 Å². The number of hydrogen-bond acceptors (Lipinski definition) is 3. The van der Waals surface area contributed by atoms with E-state index in [2.05, 4.69) is 21.2 Å². The van der Waals surface area contributed by atoms with Crippen molar-refractivity contribution < 1.29 is 9.53 Å². The molecule has 0 spiro atoms. The minimum atomic E-state index is -0.193. The second-order valence-corrected chi connectivity index (χ2v) is 6.98. The molecule has 1 aliphatic rings. The highest BCUT2D eigenvalue weighted by atomic mass is 79.9. The maximum absolute atomic E-state index is 12.4. The molecule has 0 aliphatic heterocycles. The van der Waals surface area contributed by atoms with E-state index in [4.69, 9.17) is 17.0 Å². The first-order valence-corrected chi connectivity index (χ1v) is 9.23. The fourth-order valence-electron chi connectivity index (χ4n) is 2.81. The van der Waals surface area contributed by atoms with Crippen LogP contribution in [0.2, 0.25) is 0 Å². The van der Waals surface area contributed by atoms with Crippen molar-refractivity contribution in [1.29, 1.82) is 0 Å². The van der Waals surface area contributed by atoms with Crippen LogP contribution in [0.5, 0.6) is 5.75 Å². The van der Waals surface area contributed by atoms with E-state index in [0.717, 1.165) is 23.1 Å². The molecule has 0 atom stereocenters. The predicted molar refractivity (Wildman–Crippen MR) is 100 cm³/mol. The number of benzene rings is 1. The summed E-state index contributed by atoms with van der Waals surface area (Å²) < 4.78 is 6.22. The van der Waals surface area contributed by atoms with Crippen LogP contribution in [0.1, 0.15) is 49.4 Å². The second-order valence-electron chi connectivity index (χ2n) is 5.74. The molecule has 0 aromatic heterocycles. The van der Waals surface area contributed by atoms with Crippen LogP contribution in [-0.4, -0.2) is 35.6 Å². The smallest absolute Gasteiger partial charge is 0.257 e. The number of halogens is 1. The lowest BCUT2D eigenvalue weighted by Gasteiger charge is -2.32. The number of ether oxygens (including phenoxy) is 1. The molecule has 126 valence electrons. The Hall–Kier alpha value is -1.14. The summed E-state index contributed by atoms with van der Waals surface area (Å²) in [5.41, 5.74) is 0.555. The average molecular weight is 399 g/mol. The van der Waals surface area contributed by atoms with E-state index in [1.54, 1.807) is 18.2 Å². The third-order valence-electron chi connectivity index (χ3n) is 4.16. The van der Waals surface area contributed by atoms with Gasteiger partial charge < -0.3 is 9.64 Å². The molecule has 1 aromatic rings. The van der Waals surface area contributed by atoms with E-state index in [1.165, 1.54) is 19.3 Å². The summed E-state index contributed by atoms with van der Waals surface area (Å²) in [5, 5.41) is 3.32. The van der Waals surface area contributed by atoms with Crippen molar-refractivity contribution in [1.82, 2.24) is 10.2 Å². The standard InChI is InChI=1S/C17H23BrN2O2S/c1-3-22-15-10-9-12(11-14(15)18)16(21)19-17(23)20(2)13-7-5-4-6-8-13/h9-11,13H,3-8H2,1-2H3,(H,19,21,23). The highest BCUT2D eigenvalue weighted by molar-refractivity contribution is 9.10. The average Bonchev–Trinajstić information content (AvgIpc) is 2.56. The van der Waals surface area contributed by atoms with Gasteiger partial charge in [0, 0.05) is 18.7 Å². The molecule has 1 fully saturated rings. The fourth-order valence-corrected chi connectivity index (χ4v) is 3.54. The number of thiocarbonyl (C=S) groups is 1. The monoisotopic (exact) mass is 398 g/mol. The van der Waals surface area contributed by atoms with Gasteiger partial charge in [-0.25, -0.2) is 0 Å². The summed E-state index contributed by atoms with van der Waals surface area (Å²) in [6.45, 7) is 2.51. The van der Waals surface area contributed by atoms with Gasteiger partial charge in [0.15, 0.2) is 5.11 Å². The van der Waals surface area contributed by atoms with Gasteiger partial charge in [0.05, 0.1) is 11.1 Å². The van der Waals surface area contributed by atoms with E-state index in [9.17, 15) is 4.79 Å². The Labute approximate surface area is 151 Å². The molecule has 1 aromatic carbocycles. The zero-order valence-electron chi connectivity index (χ0n) is 13.6. The summed E-state index contributed by atoms with van der Waals surface area (Å²) in [7, 11) is 1.96. The summed E-state index contributed by atoms with van der Waals surface area (Å²) in [6, 6.07) is 5.72. The molecule has 0 heterocycles. The molecule has 0 bridgehead atoms. The number of nitrogens with zero attached hydrogens (tertiary/aromatic N) is 1. The molecule has 0 radical (unpaired) electrons. The van der Waals surface area contributed by atoms with Gasteiger partial charge in [-0.05, 0) is 66.1 Å². The number of hydrogen-bond donors (Lipinski definition) is 1. The molecule has 2 rings (SSSR count). The first-order valence-electron chi connectivity index (χ1n) is 8.03. The van der Waals surface area contributed by atoms with Crippen molar-refractivity contribution in [3.8, 4) is 5.75 Å².